The summed E-state index contributed by atoms with van der Waals surface area (Å²) in [4.78, 5) is 2.61. The van der Waals surface area contributed by atoms with Crippen molar-refractivity contribution >= 4 is 11.6 Å². The van der Waals surface area contributed by atoms with Gasteiger partial charge in [-0.3, -0.25) is 4.90 Å². The quantitative estimate of drug-likeness (QED) is 0.909. The molecule has 0 aromatic heterocycles. The van der Waals surface area contributed by atoms with E-state index in [0.29, 0.717) is 12.6 Å². The zero-order valence-corrected chi connectivity index (χ0v) is 11.7. The Morgan fingerprint density at radius 1 is 1.44 bits per heavy atom. The number of likely N-dealkylation sites (tertiary alicyclic amines) is 1. The van der Waals surface area contributed by atoms with Gasteiger partial charge in [-0.15, -0.1) is 0 Å². The Bertz CT molecular complexity index is 446. The van der Waals surface area contributed by atoms with Crippen LogP contribution in [0.25, 0.3) is 0 Å². The Kier molecular flexibility index (Phi) is 3.35. The molecule has 1 aliphatic heterocycles. The van der Waals surface area contributed by atoms with Crippen molar-refractivity contribution in [1.29, 1.82) is 0 Å². The summed E-state index contributed by atoms with van der Waals surface area (Å²) < 4.78 is 0. The Balaban J connectivity index is 1.85. The summed E-state index contributed by atoms with van der Waals surface area (Å²) in [7, 11) is 0. The predicted octanol–water partition coefficient (Wildman–Crippen LogP) is 3.13. The van der Waals surface area contributed by atoms with E-state index >= 15 is 0 Å². The van der Waals surface area contributed by atoms with Crippen LogP contribution in [0.2, 0.25) is 5.02 Å². The first kappa shape index (κ1) is 12.5. The van der Waals surface area contributed by atoms with Gasteiger partial charge in [0.1, 0.15) is 0 Å². The molecule has 3 unspecified atom stereocenters. The van der Waals surface area contributed by atoms with Gasteiger partial charge in [-0.25, -0.2) is 0 Å². The van der Waals surface area contributed by atoms with Gasteiger partial charge < -0.3 is 5.73 Å². The van der Waals surface area contributed by atoms with Crippen molar-refractivity contribution in [3.05, 3.63) is 34.3 Å². The zero-order chi connectivity index (χ0) is 12.7. The molecule has 3 atom stereocenters. The third-order valence-corrected chi connectivity index (χ3v) is 5.06. The lowest BCUT2D eigenvalue weighted by Gasteiger charge is -2.34. The first-order valence-electron chi connectivity index (χ1n) is 6.91. The summed E-state index contributed by atoms with van der Waals surface area (Å²) in [5.41, 5.74) is 8.44. The molecule has 18 heavy (non-hydrogen) atoms. The van der Waals surface area contributed by atoms with E-state index in [9.17, 15) is 0 Å². The molecule has 1 aromatic rings. The normalized spacial score (nSPS) is 28.8. The minimum Gasteiger partial charge on any atom is -0.329 e. The molecule has 1 saturated heterocycles. The molecule has 2 bridgehead atoms. The first-order valence-corrected chi connectivity index (χ1v) is 7.28. The summed E-state index contributed by atoms with van der Waals surface area (Å²) in [6, 6.07) is 7.49. The molecule has 3 heteroatoms. The second kappa shape index (κ2) is 4.84. The molecule has 0 spiro atoms. The summed E-state index contributed by atoms with van der Waals surface area (Å²) in [5, 5.41) is 0.857. The monoisotopic (exact) mass is 264 g/mol. The van der Waals surface area contributed by atoms with Crippen LogP contribution < -0.4 is 5.73 Å². The molecule has 98 valence electrons. The number of halogens is 1. The van der Waals surface area contributed by atoms with Crippen LogP contribution in [0.1, 0.15) is 36.4 Å². The van der Waals surface area contributed by atoms with E-state index in [2.05, 4.69) is 23.1 Å². The maximum Gasteiger partial charge on any atom is 0.0474 e. The van der Waals surface area contributed by atoms with Crippen molar-refractivity contribution < 1.29 is 0 Å². The van der Waals surface area contributed by atoms with Crippen LogP contribution >= 0.6 is 11.6 Å². The number of aryl methyl sites for hydroxylation is 1. The van der Waals surface area contributed by atoms with Gasteiger partial charge in [0.25, 0.3) is 0 Å². The SMILES string of the molecule is Cc1ccc(C(CN)N2CC3CCC2C3)cc1Cl. The number of fused-ring (bicyclic) bond motifs is 2. The Labute approximate surface area is 114 Å². The standard InChI is InChI=1S/C15H21ClN2/c1-10-2-4-12(7-14(10)16)15(8-17)18-9-11-3-5-13(18)6-11/h2,4,7,11,13,15H,3,5-6,8-9,17H2,1H3. The van der Waals surface area contributed by atoms with E-state index in [1.807, 2.05) is 6.92 Å². The minimum atomic E-state index is 0.346. The van der Waals surface area contributed by atoms with Crippen LogP contribution in [0.5, 0.6) is 0 Å². The van der Waals surface area contributed by atoms with E-state index in [1.54, 1.807) is 0 Å². The summed E-state index contributed by atoms with van der Waals surface area (Å²) >= 11 is 6.24. The average molecular weight is 265 g/mol. The number of piperidine rings is 1. The molecule has 1 aliphatic carbocycles. The van der Waals surface area contributed by atoms with Gasteiger partial charge in [0, 0.05) is 30.2 Å². The second-order valence-corrected chi connectivity index (χ2v) is 6.20. The van der Waals surface area contributed by atoms with Crippen LogP contribution in [0, 0.1) is 12.8 Å². The number of hydrogen-bond acceptors (Lipinski definition) is 2. The van der Waals surface area contributed by atoms with Crippen molar-refractivity contribution in [2.45, 2.75) is 38.3 Å². The number of hydrogen-bond donors (Lipinski definition) is 1. The smallest absolute Gasteiger partial charge is 0.0474 e. The third kappa shape index (κ3) is 2.07. The van der Waals surface area contributed by atoms with Crippen LogP contribution in [-0.2, 0) is 0 Å². The molecule has 1 saturated carbocycles. The first-order chi connectivity index (χ1) is 8.69. The highest BCUT2D eigenvalue weighted by molar-refractivity contribution is 6.31. The maximum atomic E-state index is 6.24. The number of rotatable bonds is 3. The van der Waals surface area contributed by atoms with Gasteiger partial charge in [-0.1, -0.05) is 23.7 Å². The second-order valence-electron chi connectivity index (χ2n) is 5.79. The van der Waals surface area contributed by atoms with Crippen molar-refractivity contribution in [2.75, 3.05) is 13.1 Å². The van der Waals surface area contributed by atoms with E-state index < -0.39 is 0 Å². The Morgan fingerprint density at radius 3 is 2.83 bits per heavy atom. The summed E-state index contributed by atoms with van der Waals surface area (Å²) in [5.74, 6) is 0.907. The molecule has 2 fully saturated rings. The Morgan fingerprint density at radius 2 is 2.28 bits per heavy atom. The van der Waals surface area contributed by atoms with E-state index in [1.165, 1.54) is 31.4 Å². The van der Waals surface area contributed by atoms with Crippen molar-refractivity contribution in [2.24, 2.45) is 11.7 Å². The van der Waals surface area contributed by atoms with Gasteiger partial charge >= 0.3 is 0 Å². The van der Waals surface area contributed by atoms with Crippen molar-refractivity contribution in [1.82, 2.24) is 4.90 Å². The highest BCUT2D eigenvalue weighted by Crippen LogP contribution is 2.42. The number of benzene rings is 1. The zero-order valence-electron chi connectivity index (χ0n) is 10.9. The molecular weight excluding hydrogens is 244 g/mol. The lowest BCUT2D eigenvalue weighted by Crippen LogP contribution is -2.39. The van der Waals surface area contributed by atoms with Gasteiger partial charge in [0.05, 0.1) is 0 Å². The Hall–Kier alpha value is -0.570. The summed E-state index contributed by atoms with van der Waals surface area (Å²) in [6.07, 6.45) is 4.13. The molecule has 3 rings (SSSR count). The molecular formula is C15H21ClN2. The largest absolute Gasteiger partial charge is 0.329 e. The molecule has 0 amide bonds. The minimum absolute atomic E-state index is 0.346. The lowest BCUT2D eigenvalue weighted by molar-refractivity contribution is 0.153. The van der Waals surface area contributed by atoms with E-state index in [4.69, 9.17) is 17.3 Å². The highest BCUT2D eigenvalue weighted by atomic mass is 35.5. The fourth-order valence-corrected chi connectivity index (χ4v) is 3.81. The maximum absolute atomic E-state index is 6.24. The van der Waals surface area contributed by atoms with Gasteiger partial charge in [0.2, 0.25) is 0 Å². The highest BCUT2D eigenvalue weighted by Gasteiger charge is 2.40. The van der Waals surface area contributed by atoms with Gasteiger partial charge in [0.15, 0.2) is 0 Å². The van der Waals surface area contributed by atoms with E-state index in [-0.39, 0.29) is 0 Å². The molecule has 2 aliphatic rings. The van der Waals surface area contributed by atoms with Crippen LogP contribution in [0.3, 0.4) is 0 Å². The van der Waals surface area contributed by atoms with Crippen LogP contribution in [0.15, 0.2) is 18.2 Å². The topological polar surface area (TPSA) is 29.3 Å². The van der Waals surface area contributed by atoms with Crippen LogP contribution in [-0.4, -0.2) is 24.0 Å². The molecule has 1 heterocycles. The van der Waals surface area contributed by atoms with Crippen LogP contribution in [0.4, 0.5) is 0 Å². The van der Waals surface area contributed by atoms with Gasteiger partial charge in [-0.05, 0) is 49.3 Å². The van der Waals surface area contributed by atoms with Crippen molar-refractivity contribution in [3.63, 3.8) is 0 Å². The van der Waals surface area contributed by atoms with Crippen molar-refractivity contribution in [3.8, 4) is 0 Å². The van der Waals surface area contributed by atoms with E-state index in [0.717, 1.165) is 22.5 Å². The molecule has 2 nitrogen and oxygen atoms in total. The fraction of sp³-hybridized carbons (Fsp3) is 0.600. The predicted molar refractivity (Wildman–Crippen MR) is 75.8 cm³/mol. The summed E-state index contributed by atoms with van der Waals surface area (Å²) in [6.45, 7) is 3.95. The molecule has 1 aromatic carbocycles. The molecule has 0 radical (unpaired) electrons. The van der Waals surface area contributed by atoms with Gasteiger partial charge in [-0.2, -0.15) is 0 Å². The average Bonchev–Trinajstić information content (AvgIpc) is 2.97. The molecule has 2 N–H and O–H groups in total. The number of nitrogens with two attached hydrogens (primary N) is 1. The third-order valence-electron chi connectivity index (χ3n) is 4.66. The number of nitrogens with zero attached hydrogens (tertiary/aromatic N) is 1. The lowest BCUT2D eigenvalue weighted by atomic mass is 10.0. The fourth-order valence-electron chi connectivity index (χ4n) is 3.62.